The van der Waals surface area contributed by atoms with Crippen LogP contribution < -0.4 is 10.2 Å². The van der Waals surface area contributed by atoms with E-state index in [0.29, 0.717) is 6.61 Å². The van der Waals surface area contributed by atoms with Crippen molar-refractivity contribution in [3.63, 3.8) is 0 Å². The molecule has 0 radical (unpaired) electrons. The Kier molecular flexibility index (Phi) is 6.48. The quantitative estimate of drug-likeness (QED) is 0.681. The van der Waals surface area contributed by atoms with Crippen molar-refractivity contribution in [1.29, 1.82) is 0 Å². The number of para-hydroxylation sites is 2. The van der Waals surface area contributed by atoms with Gasteiger partial charge in [-0.05, 0) is 25.0 Å². The second-order valence-electron chi connectivity index (χ2n) is 4.48. The van der Waals surface area contributed by atoms with Crippen molar-refractivity contribution in [2.45, 2.75) is 25.7 Å². The van der Waals surface area contributed by atoms with Crippen molar-refractivity contribution in [3.05, 3.63) is 24.3 Å². The molecule has 0 heterocycles. The Balaban J connectivity index is 2.31. The fourth-order valence-corrected chi connectivity index (χ4v) is 1.83. The number of unbranched alkanes of at least 4 members (excludes halogenated alkanes) is 3. The highest BCUT2D eigenvalue weighted by molar-refractivity contribution is 5.69. The molecule has 0 fully saturated rings. The van der Waals surface area contributed by atoms with E-state index in [9.17, 15) is 0 Å². The normalized spacial score (nSPS) is 10.3. The third-order valence-electron chi connectivity index (χ3n) is 2.79. The van der Waals surface area contributed by atoms with Crippen molar-refractivity contribution in [2.75, 3.05) is 37.5 Å². The summed E-state index contributed by atoms with van der Waals surface area (Å²) in [6.45, 7) is 1.31. The Morgan fingerprint density at radius 3 is 2.47 bits per heavy atom. The molecule has 0 unspecified atom stereocenters. The van der Waals surface area contributed by atoms with Crippen molar-refractivity contribution in [3.8, 4) is 0 Å². The molecular weight excluding hydrogens is 212 g/mol. The fraction of sp³-hybridized carbons (Fsp3) is 0.571. The predicted molar refractivity (Wildman–Crippen MR) is 74.8 cm³/mol. The van der Waals surface area contributed by atoms with Crippen LogP contribution >= 0.6 is 0 Å². The maximum absolute atomic E-state index is 8.68. The molecule has 1 rings (SSSR count). The minimum absolute atomic E-state index is 0.316. The lowest BCUT2D eigenvalue weighted by Gasteiger charge is -2.18. The molecule has 2 N–H and O–H groups in total. The molecule has 3 heteroatoms. The largest absolute Gasteiger partial charge is 0.396 e. The molecule has 0 atom stereocenters. The van der Waals surface area contributed by atoms with Crippen LogP contribution in [0.15, 0.2) is 24.3 Å². The molecule has 0 amide bonds. The highest BCUT2D eigenvalue weighted by atomic mass is 16.2. The Labute approximate surface area is 104 Å². The average Bonchev–Trinajstić information content (AvgIpc) is 2.34. The van der Waals surface area contributed by atoms with Gasteiger partial charge in [0.15, 0.2) is 0 Å². The van der Waals surface area contributed by atoms with Crippen molar-refractivity contribution in [2.24, 2.45) is 0 Å². The van der Waals surface area contributed by atoms with Gasteiger partial charge in [-0.1, -0.05) is 25.0 Å². The van der Waals surface area contributed by atoms with Gasteiger partial charge in [0.25, 0.3) is 0 Å². The van der Waals surface area contributed by atoms with Gasteiger partial charge in [-0.25, -0.2) is 0 Å². The number of aliphatic hydroxyl groups excluding tert-OH is 1. The molecular formula is C14H24N2O. The lowest BCUT2D eigenvalue weighted by molar-refractivity contribution is 0.283. The fourth-order valence-electron chi connectivity index (χ4n) is 1.83. The summed E-state index contributed by atoms with van der Waals surface area (Å²) < 4.78 is 0. The highest BCUT2D eigenvalue weighted by Crippen LogP contribution is 2.23. The number of hydrogen-bond donors (Lipinski definition) is 2. The topological polar surface area (TPSA) is 35.5 Å². The minimum atomic E-state index is 0.316. The van der Waals surface area contributed by atoms with Gasteiger partial charge in [0.05, 0.1) is 11.4 Å². The van der Waals surface area contributed by atoms with E-state index in [-0.39, 0.29) is 0 Å². The predicted octanol–water partition coefficient (Wildman–Crippen LogP) is 2.72. The molecule has 0 aromatic heterocycles. The van der Waals surface area contributed by atoms with Crippen molar-refractivity contribution >= 4 is 11.4 Å². The van der Waals surface area contributed by atoms with Crippen LogP contribution in [0.25, 0.3) is 0 Å². The Morgan fingerprint density at radius 2 is 1.76 bits per heavy atom. The molecule has 0 aliphatic rings. The average molecular weight is 236 g/mol. The van der Waals surface area contributed by atoms with Crippen LogP contribution in [-0.4, -0.2) is 32.4 Å². The van der Waals surface area contributed by atoms with Gasteiger partial charge in [-0.3, -0.25) is 0 Å². The zero-order chi connectivity index (χ0) is 12.5. The van der Waals surface area contributed by atoms with Crippen LogP contribution in [0.4, 0.5) is 11.4 Å². The molecule has 17 heavy (non-hydrogen) atoms. The monoisotopic (exact) mass is 236 g/mol. The molecule has 0 spiro atoms. The van der Waals surface area contributed by atoms with Crippen LogP contribution in [0, 0.1) is 0 Å². The molecule has 96 valence electrons. The number of nitrogens with one attached hydrogen (secondary N) is 1. The zero-order valence-corrected chi connectivity index (χ0v) is 10.9. The first-order valence-corrected chi connectivity index (χ1v) is 6.37. The van der Waals surface area contributed by atoms with Gasteiger partial charge in [0.2, 0.25) is 0 Å². The van der Waals surface area contributed by atoms with Gasteiger partial charge < -0.3 is 15.3 Å². The molecule has 0 saturated carbocycles. The van der Waals surface area contributed by atoms with Gasteiger partial charge in [0.1, 0.15) is 0 Å². The zero-order valence-electron chi connectivity index (χ0n) is 10.9. The summed E-state index contributed by atoms with van der Waals surface area (Å²) in [6.07, 6.45) is 4.38. The Morgan fingerprint density at radius 1 is 1.06 bits per heavy atom. The molecule has 0 saturated heterocycles. The van der Waals surface area contributed by atoms with Gasteiger partial charge in [0, 0.05) is 27.2 Å². The summed E-state index contributed by atoms with van der Waals surface area (Å²) in [7, 11) is 4.11. The first kappa shape index (κ1) is 13.8. The molecule has 1 aromatic rings. The summed E-state index contributed by atoms with van der Waals surface area (Å²) in [5.41, 5.74) is 2.42. The lowest BCUT2D eigenvalue weighted by Crippen LogP contribution is -2.12. The summed E-state index contributed by atoms with van der Waals surface area (Å²) in [4.78, 5) is 2.12. The highest BCUT2D eigenvalue weighted by Gasteiger charge is 2.01. The van der Waals surface area contributed by atoms with E-state index in [4.69, 9.17) is 5.11 Å². The SMILES string of the molecule is CN(C)c1ccccc1NCCCCCCO. The standard InChI is InChI=1S/C14H24N2O/c1-16(2)14-10-6-5-9-13(14)15-11-7-3-4-8-12-17/h5-6,9-10,15,17H,3-4,7-8,11-12H2,1-2H3. The molecule has 0 bridgehead atoms. The second kappa shape index (κ2) is 7.96. The van der Waals surface area contributed by atoms with Gasteiger partial charge in [-0.15, -0.1) is 0 Å². The Bertz CT molecular complexity index is 313. The molecule has 0 aliphatic heterocycles. The Hall–Kier alpha value is -1.22. The number of hydrogen-bond acceptors (Lipinski definition) is 3. The maximum atomic E-state index is 8.68. The van der Waals surface area contributed by atoms with E-state index in [0.717, 1.165) is 25.8 Å². The third kappa shape index (κ3) is 5.09. The van der Waals surface area contributed by atoms with E-state index in [2.05, 4.69) is 48.6 Å². The molecule has 1 aromatic carbocycles. The number of benzene rings is 1. The smallest absolute Gasteiger partial charge is 0.0596 e. The van der Waals surface area contributed by atoms with Gasteiger partial charge >= 0.3 is 0 Å². The van der Waals surface area contributed by atoms with Crippen molar-refractivity contribution < 1.29 is 5.11 Å². The third-order valence-corrected chi connectivity index (χ3v) is 2.79. The van der Waals surface area contributed by atoms with Crippen LogP contribution in [-0.2, 0) is 0 Å². The number of rotatable bonds is 8. The first-order chi connectivity index (χ1) is 8.25. The van der Waals surface area contributed by atoms with Crippen LogP contribution in [0.3, 0.4) is 0 Å². The van der Waals surface area contributed by atoms with E-state index < -0.39 is 0 Å². The maximum Gasteiger partial charge on any atom is 0.0596 e. The molecule has 0 aliphatic carbocycles. The summed E-state index contributed by atoms with van der Waals surface area (Å²) in [5.74, 6) is 0. The van der Waals surface area contributed by atoms with E-state index in [1.165, 1.54) is 17.8 Å². The van der Waals surface area contributed by atoms with Crippen LogP contribution in [0.5, 0.6) is 0 Å². The number of anilines is 2. The first-order valence-electron chi connectivity index (χ1n) is 6.37. The van der Waals surface area contributed by atoms with Gasteiger partial charge in [-0.2, -0.15) is 0 Å². The van der Waals surface area contributed by atoms with Crippen molar-refractivity contribution in [1.82, 2.24) is 0 Å². The molecule has 3 nitrogen and oxygen atoms in total. The second-order valence-corrected chi connectivity index (χ2v) is 4.48. The lowest BCUT2D eigenvalue weighted by atomic mass is 10.2. The summed E-state index contributed by atoms with van der Waals surface area (Å²) >= 11 is 0. The van der Waals surface area contributed by atoms with E-state index in [1.807, 2.05) is 0 Å². The van der Waals surface area contributed by atoms with E-state index in [1.54, 1.807) is 0 Å². The van der Waals surface area contributed by atoms with Crippen LogP contribution in [0.1, 0.15) is 25.7 Å². The summed E-state index contributed by atoms with van der Waals surface area (Å²) in [5, 5.41) is 12.1. The number of nitrogens with zero attached hydrogens (tertiary/aromatic N) is 1. The summed E-state index contributed by atoms with van der Waals surface area (Å²) in [6, 6.07) is 8.35. The minimum Gasteiger partial charge on any atom is -0.396 e. The number of aliphatic hydroxyl groups is 1. The van der Waals surface area contributed by atoms with E-state index >= 15 is 0 Å². The van der Waals surface area contributed by atoms with Crippen LogP contribution in [0.2, 0.25) is 0 Å².